The molecule has 0 aromatic heterocycles. The molecule has 1 aliphatic rings. The molecule has 0 fully saturated rings. The fourth-order valence-corrected chi connectivity index (χ4v) is 2.39. The zero-order valence-corrected chi connectivity index (χ0v) is 11.1. The SMILES string of the molecule is COc1ccc(C=C2C=NC(=S)S2)cc1OC. The minimum Gasteiger partial charge on any atom is -0.493 e. The van der Waals surface area contributed by atoms with E-state index < -0.39 is 0 Å². The summed E-state index contributed by atoms with van der Waals surface area (Å²) in [6.07, 6.45) is 3.78. The van der Waals surface area contributed by atoms with Gasteiger partial charge in [-0.1, -0.05) is 30.0 Å². The zero-order valence-electron chi connectivity index (χ0n) is 9.47. The van der Waals surface area contributed by atoms with Crippen LogP contribution in [-0.4, -0.2) is 24.8 Å². The van der Waals surface area contributed by atoms with E-state index in [0.29, 0.717) is 10.1 Å². The van der Waals surface area contributed by atoms with Gasteiger partial charge in [0, 0.05) is 11.1 Å². The third-order valence-corrected chi connectivity index (χ3v) is 3.31. The van der Waals surface area contributed by atoms with E-state index >= 15 is 0 Å². The van der Waals surface area contributed by atoms with E-state index in [0.717, 1.165) is 16.2 Å². The van der Waals surface area contributed by atoms with Gasteiger partial charge in [0.1, 0.15) is 0 Å². The molecule has 88 valence electrons. The molecule has 0 N–H and O–H groups in total. The highest BCUT2D eigenvalue weighted by Gasteiger charge is 2.08. The molecule has 0 aliphatic carbocycles. The molecule has 0 radical (unpaired) electrons. The quantitative estimate of drug-likeness (QED) is 0.786. The molecule has 1 aromatic carbocycles. The van der Waals surface area contributed by atoms with E-state index in [4.69, 9.17) is 21.7 Å². The van der Waals surface area contributed by atoms with Crippen molar-refractivity contribution in [3.8, 4) is 11.5 Å². The molecule has 3 nitrogen and oxygen atoms in total. The first-order valence-corrected chi connectivity index (χ1v) is 6.15. The number of thiocarbonyl (C=S) groups is 1. The maximum Gasteiger partial charge on any atom is 0.164 e. The largest absolute Gasteiger partial charge is 0.493 e. The van der Waals surface area contributed by atoms with Gasteiger partial charge in [0.25, 0.3) is 0 Å². The number of hydrogen-bond acceptors (Lipinski definition) is 4. The van der Waals surface area contributed by atoms with Crippen molar-refractivity contribution in [1.82, 2.24) is 0 Å². The average Bonchev–Trinajstić information content (AvgIpc) is 2.74. The predicted molar refractivity (Wildman–Crippen MR) is 76.2 cm³/mol. The van der Waals surface area contributed by atoms with E-state index in [1.165, 1.54) is 11.8 Å². The minimum atomic E-state index is 0.650. The maximum atomic E-state index is 5.24. The van der Waals surface area contributed by atoms with Crippen molar-refractivity contribution in [3.63, 3.8) is 0 Å². The van der Waals surface area contributed by atoms with Gasteiger partial charge in [0.15, 0.2) is 15.8 Å². The van der Waals surface area contributed by atoms with Gasteiger partial charge < -0.3 is 9.47 Å². The number of ether oxygens (including phenoxy) is 2. The molecule has 0 saturated carbocycles. The summed E-state index contributed by atoms with van der Waals surface area (Å²) in [5, 5.41) is 0. The summed E-state index contributed by atoms with van der Waals surface area (Å²) in [6, 6.07) is 5.76. The molecule has 1 aromatic rings. The molecule has 17 heavy (non-hydrogen) atoms. The fraction of sp³-hybridized carbons (Fsp3) is 0.167. The molecule has 5 heteroatoms. The Balaban J connectivity index is 2.28. The third kappa shape index (κ3) is 2.87. The minimum absolute atomic E-state index is 0.650. The number of hydrogen-bond donors (Lipinski definition) is 0. The van der Waals surface area contributed by atoms with Crippen molar-refractivity contribution in [2.75, 3.05) is 14.2 Å². The molecule has 1 aliphatic heterocycles. The molecule has 0 atom stereocenters. The van der Waals surface area contributed by atoms with E-state index in [1.807, 2.05) is 24.3 Å². The molecule has 1 heterocycles. The molecule has 0 bridgehead atoms. The highest BCUT2D eigenvalue weighted by atomic mass is 32.2. The molecular weight excluding hydrogens is 254 g/mol. The molecule has 2 rings (SSSR count). The van der Waals surface area contributed by atoms with Crippen LogP contribution in [0.5, 0.6) is 11.5 Å². The number of benzene rings is 1. The Kier molecular flexibility index (Phi) is 3.81. The van der Waals surface area contributed by atoms with Gasteiger partial charge in [0.2, 0.25) is 0 Å². The second-order valence-corrected chi connectivity index (χ2v) is 4.99. The lowest BCUT2D eigenvalue weighted by molar-refractivity contribution is 0.355. The Hall–Kier alpha value is -1.33. The average molecular weight is 265 g/mol. The van der Waals surface area contributed by atoms with Gasteiger partial charge in [-0.25, -0.2) is 4.99 Å². The predicted octanol–water partition coefficient (Wildman–Crippen LogP) is 3.15. The van der Waals surface area contributed by atoms with Crippen LogP contribution in [0.4, 0.5) is 0 Å². The summed E-state index contributed by atoms with van der Waals surface area (Å²) >= 11 is 6.46. The molecule has 0 saturated heterocycles. The molecular formula is C12H11NO2S2. The number of nitrogens with zero attached hydrogens (tertiary/aromatic N) is 1. The van der Waals surface area contributed by atoms with Crippen LogP contribution in [0.15, 0.2) is 28.1 Å². The first kappa shape index (κ1) is 12.1. The Bertz CT molecular complexity index is 509. The monoisotopic (exact) mass is 265 g/mol. The second kappa shape index (κ2) is 5.33. The van der Waals surface area contributed by atoms with Gasteiger partial charge in [-0.3, -0.25) is 0 Å². The fourth-order valence-electron chi connectivity index (χ4n) is 1.44. The number of thioether (sulfide) groups is 1. The number of methoxy groups -OCH3 is 2. The molecule has 0 spiro atoms. The van der Waals surface area contributed by atoms with E-state index in [-0.39, 0.29) is 0 Å². The van der Waals surface area contributed by atoms with Crippen LogP contribution in [-0.2, 0) is 0 Å². The topological polar surface area (TPSA) is 30.8 Å². The van der Waals surface area contributed by atoms with Gasteiger partial charge in [-0.15, -0.1) is 0 Å². The van der Waals surface area contributed by atoms with Crippen LogP contribution in [0.2, 0.25) is 0 Å². The van der Waals surface area contributed by atoms with Crippen molar-refractivity contribution in [3.05, 3.63) is 28.7 Å². The molecule has 0 unspecified atom stereocenters. The number of rotatable bonds is 3. The molecule has 0 amide bonds. The Morgan fingerprint density at radius 2 is 2.00 bits per heavy atom. The summed E-state index contributed by atoms with van der Waals surface area (Å²) < 4.78 is 11.1. The van der Waals surface area contributed by atoms with Crippen molar-refractivity contribution in [2.24, 2.45) is 4.99 Å². The van der Waals surface area contributed by atoms with Gasteiger partial charge >= 0.3 is 0 Å². The van der Waals surface area contributed by atoms with E-state index in [2.05, 4.69) is 4.99 Å². The van der Waals surface area contributed by atoms with Gasteiger partial charge in [0.05, 0.1) is 14.2 Å². The number of aliphatic imine (C=N–C) groups is 1. The van der Waals surface area contributed by atoms with Crippen LogP contribution >= 0.6 is 24.0 Å². The lowest BCUT2D eigenvalue weighted by Gasteiger charge is -2.07. The normalized spacial score (nSPS) is 16.6. The van der Waals surface area contributed by atoms with Crippen molar-refractivity contribution in [2.45, 2.75) is 0 Å². The van der Waals surface area contributed by atoms with Crippen LogP contribution in [0, 0.1) is 0 Å². The van der Waals surface area contributed by atoms with Crippen LogP contribution in [0.1, 0.15) is 5.56 Å². The standard InChI is InChI=1S/C12H11NO2S2/c1-14-10-4-3-8(6-11(10)15-2)5-9-7-13-12(16)17-9/h3-7H,1-2H3. The summed E-state index contributed by atoms with van der Waals surface area (Å²) in [5.74, 6) is 1.43. The van der Waals surface area contributed by atoms with E-state index in [9.17, 15) is 0 Å². The number of allylic oxidation sites excluding steroid dienone is 1. The second-order valence-electron chi connectivity index (χ2n) is 3.29. The summed E-state index contributed by atoms with van der Waals surface area (Å²) in [7, 11) is 3.24. The third-order valence-electron chi connectivity index (χ3n) is 2.22. The van der Waals surface area contributed by atoms with Gasteiger partial charge in [-0.05, 0) is 23.8 Å². The Morgan fingerprint density at radius 3 is 2.59 bits per heavy atom. The van der Waals surface area contributed by atoms with Crippen molar-refractivity contribution < 1.29 is 9.47 Å². The zero-order chi connectivity index (χ0) is 12.3. The van der Waals surface area contributed by atoms with Crippen LogP contribution in [0.3, 0.4) is 0 Å². The lowest BCUT2D eigenvalue weighted by atomic mass is 10.2. The summed E-state index contributed by atoms with van der Waals surface area (Å²) in [4.78, 5) is 5.07. The van der Waals surface area contributed by atoms with Gasteiger partial charge in [-0.2, -0.15) is 0 Å². The maximum absolute atomic E-state index is 5.24. The first-order valence-electron chi connectivity index (χ1n) is 4.92. The first-order chi connectivity index (χ1) is 8.22. The summed E-state index contributed by atoms with van der Waals surface area (Å²) in [6.45, 7) is 0. The lowest BCUT2D eigenvalue weighted by Crippen LogP contribution is -1.90. The Morgan fingerprint density at radius 1 is 1.24 bits per heavy atom. The van der Waals surface area contributed by atoms with Crippen LogP contribution < -0.4 is 9.47 Å². The smallest absolute Gasteiger partial charge is 0.164 e. The van der Waals surface area contributed by atoms with Crippen LogP contribution in [0.25, 0.3) is 6.08 Å². The van der Waals surface area contributed by atoms with E-state index in [1.54, 1.807) is 20.4 Å². The summed E-state index contributed by atoms with van der Waals surface area (Å²) in [5.41, 5.74) is 1.03. The van der Waals surface area contributed by atoms with Crippen molar-refractivity contribution in [1.29, 1.82) is 0 Å². The highest BCUT2D eigenvalue weighted by Crippen LogP contribution is 2.30. The van der Waals surface area contributed by atoms with Crippen molar-refractivity contribution >= 4 is 40.6 Å². The highest BCUT2D eigenvalue weighted by molar-refractivity contribution is 8.26. The Labute approximate surface area is 110 Å².